The third-order valence-electron chi connectivity index (χ3n) is 6.35. The normalized spacial score (nSPS) is 29.3. The van der Waals surface area contributed by atoms with Gasteiger partial charge < -0.3 is 20.7 Å². The second kappa shape index (κ2) is 9.05. The second-order valence-corrected chi connectivity index (χ2v) is 8.37. The maximum Gasteiger partial charge on any atom is 0.251 e. The Kier molecular flexibility index (Phi) is 6.27. The fourth-order valence-corrected chi connectivity index (χ4v) is 4.77. The summed E-state index contributed by atoms with van der Waals surface area (Å²) >= 11 is 0. The van der Waals surface area contributed by atoms with Crippen LogP contribution >= 0.6 is 0 Å². The van der Waals surface area contributed by atoms with E-state index in [1.807, 2.05) is 18.2 Å². The average molecular weight is 386 g/mol. The molecule has 0 aromatic heterocycles. The van der Waals surface area contributed by atoms with E-state index in [0.717, 1.165) is 31.4 Å². The number of rotatable bonds is 6. The molecule has 1 aromatic rings. The zero-order valence-electron chi connectivity index (χ0n) is 16.4. The molecule has 2 heterocycles. The molecule has 6 heteroatoms. The lowest BCUT2D eigenvalue weighted by Crippen LogP contribution is -2.42. The molecule has 0 radical (unpaired) electrons. The monoisotopic (exact) mass is 385 g/mol. The van der Waals surface area contributed by atoms with Gasteiger partial charge >= 0.3 is 0 Å². The molecule has 1 saturated carbocycles. The minimum absolute atomic E-state index is 0.0719. The van der Waals surface area contributed by atoms with Crippen molar-refractivity contribution in [1.82, 2.24) is 16.0 Å². The number of carbonyl (C=O) groups excluding carboxylic acids is 2. The molecule has 2 saturated heterocycles. The number of fused-ring (bicyclic) bond motifs is 1. The molecule has 4 unspecified atom stereocenters. The topological polar surface area (TPSA) is 79.5 Å². The van der Waals surface area contributed by atoms with Gasteiger partial charge in [-0.2, -0.15) is 0 Å². The third-order valence-corrected chi connectivity index (χ3v) is 6.35. The minimum atomic E-state index is -0.0924. The second-order valence-electron chi connectivity index (χ2n) is 8.37. The van der Waals surface area contributed by atoms with Gasteiger partial charge in [-0.1, -0.05) is 25.0 Å². The average Bonchev–Trinajstić information content (AvgIpc) is 3.40. The van der Waals surface area contributed by atoms with Gasteiger partial charge in [0.05, 0.1) is 12.1 Å². The van der Waals surface area contributed by atoms with Crippen molar-refractivity contribution in [2.24, 2.45) is 5.92 Å². The molecular weight excluding hydrogens is 354 g/mol. The van der Waals surface area contributed by atoms with Crippen LogP contribution in [-0.2, 0) is 16.1 Å². The van der Waals surface area contributed by atoms with Crippen LogP contribution in [0.3, 0.4) is 0 Å². The van der Waals surface area contributed by atoms with Crippen LogP contribution in [0.2, 0.25) is 0 Å². The first-order valence-corrected chi connectivity index (χ1v) is 10.7. The van der Waals surface area contributed by atoms with Gasteiger partial charge in [-0.3, -0.25) is 9.59 Å². The molecule has 4 atom stereocenters. The highest BCUT2D eigenvalue weighted by Gasteiger charge is 2.38. The van der Waals surface area contributed by atoms with Crippen molar-refractivity contribution < 1.29 is 14.3 Å². The molecule has 6 nitrogen and oxygen atoms in total. The van der Waals surface area contributed by atoms with Crippen LogP contribution in [-0.4, -0.2) is 43.2 Å². The summed E-state index contributed by atoms with van der Waals surface area (Å²) in [6.45, 7) is 1.78. The quantitative estimate of drug-likeness (QED) is 0.701. The van der Waals surface area contributed by atoms with Gasteiger partial charge in [-0.05, 0) is 55.7 Å². The Bertz CT molecular complexity index is 688. The molecule has 0 spiro atoms. The predicted octanol–water partition coefficient (Wildman–Crippen LogP) is 2.13. The first-order chi connectivity index (χ1) is 13.7. The highest BCUT2D eigenvalue weighted by Crippen LogP contribution is 2.33. The van der Waals surface area contributed by atoms with Crippen LogP contribution in [0.25, 0.3) is 0 Å². The molecule has 4 rings (SSSR count). The number of carbonyl (C=O) groups is 2. The summed E-state index contributed by atoms with van der Waals surface area (Å²) in [5.74, 6) is 0.633. The van der Waals surface area contributed by atoms with Crippen molar-refractivity contribution in [2.45, 2.75) is 69.7 Å². The number of hydrogen-bond acceptors (Lipinski definition) is 4. The van der Waals surface area contributed by atoms with Crippen LogP contribution in [0, 0.1) is 5.92 Å². The van der Waals surface area contributed by atoms with E-state index in [4.69, 9.17) is 4.74 Å². The molecule has 3 N–H and O–H groups in total. The van der Waals surface area contributed by atoms with Gasteiger partial charge in [0, 0.05) is 31.3 Å². The molecule has 3 fully saturated rings. The van der Waals surface area contributed by atoms with E-state index in [-0.39, 0.29) is 24.0 Å². The number of ether oxygens (including phenoxy) is 1. The highest BCUT2D eigenvalue weighted by atomic mass is 16.5. The summed E-state index contributed by atoms with van der Waals surface area (Å²) in [6.07, 6.45) is 8.14. The van der Waals surface area contributed by atoms with Crippen LogP contribution in [0.15, 0.2) is 24.3 Å². The van der Waals surface area contributed by atoms with E-state index < -0.39 is 0 Å². The number of benzene rings is 1. The molecular formula is C22H31N3O3. The van der Waals surface area contributed by atoms with Gasteiger partial charge in [0.15, 0.2) is 0 Å². The van der Waals surface area contributed by atoms with Crippen molar-refractivity contribution in [1.29, 1.82) is 0 Å². The summed E-state index contributed by atoms with van der Waals surface area (Å²) < 4.78 is 5.54. The minimum Gasteiger partial charge on any atom is -0.376 e. The van der Waals surface area contributed by atoms with Gasteiger partial charge in [0.25, 0.3) is 5.91 Å². The Morgan fingerprint density at radius 3 is 2.82 bits per heavy atom. The summed E-state index contributed by atoms with van der Waals surface area (Å²) in [7, 11) is 0. The van der Waals surface area contributed by atoms with E-state index in [1.54, 1.807) is 6.07 Å². The van der Waals surface area contributed by atoms with Gasteiger partial charge in [-0.25, -0.2) is 0 Å². The zero-order chi connectivity index (χ0) is 19.3. The molecule has 2 amide bonds. The van der Waals surface area contributed by atoms with E-state index in [1.165, 1.54) is 25.7 Å². The lowest BCUT2D eigenvalue weighted by molar-refractivity contribution is -0.123. The number of amides is 2. The summed E-state index contributed by atoms with van der Waals surface area (Å²) in [6, 6.07) is 7.90. The number of hydrogen-bond donors (Lipinski definition) is 3. The molecule has 28 heavy (non-hydrogen) atoms. The van der Waals surface area contributed by atoms with Crippen molar-refractivity contribution >= 4 is 11.8 Å². The highest BCUT2D eigenvalue weighted by molar-refractivity contribution is 5.94. The van der Waals surface area contributed by atoms with Crippen LogP contribution in [0.1, 0.15) is 60.9 Å². The summed E-state index contributed by atoms with van der Waals surface area (Å²) in [4.78, 5) is 24.9. The van der Waals surface area contributed by atoms with Crippen molar-refractivity contribution in [2.75, 3.05) is 13.2 Å². The first kappa shape index (κ1) is 19.4. The van der Waals surface area contributed by atoms with Crippen molar-refractivity contribution in [3.63, 3.8) is 0 Å². The Hall–Kier alpha value is -1.92. The molecule has 3 aliphatic rings. The fourth-order valence-electron chi connectivity index (χ4n) is 4.77. The molecule has 0 bridgehead atoms. The lowest BCUT2D eigenvalue weighted by Gasteiger charge is -2.24. The standard InChI is InChI=1S/C22H31N3O3/c26-21(24-14-18-8-4-10-28-18)17-7-3-5-15(11-17)13-23-22(27)20-12-16-6-1-2-9-19(16)25-20/h3,5,7,11,16,18-20,25H,1-2,4,6,8-10,12-14H2,(H,23,27)(H,24,26). The van der Waals surface area contributed by atoms with E-state index >= 15 is 0 Å². The van der Waals surface area contributed by atoms with Gasteiger partial charge in [-0.15, -0.1) is 0 Å². The van der Waals surface area contributed by atoms with Crippen LogP contribution in [0.4, 0.5) is 0 Å². The maximum absolute atomic E-state index is 12.6. The largest absolute Gasteiger partial charge is 0.376 e. The predicted molar refractivity (Wildman–Crippen MR) is 107 cm³/mol. The smallest absolute Gasteiger partial charge is 0.251 e. The van der Waals surface area contributed by atoms with Gasteiger partial charge in [0.2, 0.25) is 5.91 Å². The molecule has 1 aromatic carbocycles. The Labute approximate surface area is 166 Å². The summed E-state index contributed by atoms with van der Waals surface area (Å²) in [5, 5.41) is 9.50. The Morgan fingerprint density at radius 2 is 2.00 bits per heavy atom. The van der Waals surface area contributed by atoms with Crippen LogP contribution in [0.5, 0.6) is 0 Å². The third kappa shape index (κ3) is 4.73. The van der Waals surface area contributed by atoms with E-state index in [9.17, 15) is 9.59 Å². The Morgan fingerprint density at radius 1 is 1.11 bits per heavy atom. The molecule has 1 aliphatic carbocycles. The molecule has 2 aliphatic heterocycles. The van der Waals surface area contributed by atoms with Crippen LogP contribution < -0.4 is 16.0 Å². The fraction of sp³-hybridized carbons (Fsp3) is 0.636. The van der Waals surface area contributed by atoms with E-state index in [0.29, 0.717) is 30.6 Å². The van der Waals surface area contributed by atoms with Crippen molar-refractivity contribution in [3.05, 3.63) is 35.4 Å². The zero-order valence-corrected chi connectivity index (χ0v) is 16.4. The van der Waals surface area contributed by atoms with E-state index in [2.05, 4.69) is 16.0 Å². The first-order valence-electron chi connectivity index (χ1n) is 10.7. The molecule has 152 valence electrons. The Balaban J connectivity index is 1.26. The SMILES string of the molecule is O=C(NCC1CCCO1)c1cccc(CNC(=O)C2CC3CCCCC3N2)c1. The lowest BCUT2D eigenvalue weighted by atomic mass is 9.85. The maximum atomic E-state index is 12.6. The van der Waals surface area contributed by atoms with Crippen molar-refractivity contribution in [3.8, 4) is 0 Å². The van der Waals surface area contributed by atoms with Gasteiger partial charge in [0.1, 0.15) is 0 Å². The number of nitrogens with one attached hydrogen (secondary N) is 3. The summed E-state index contributed by atoms with van der Waals surface area (Å²) in [5.41, 5.74) is 1.56.